The molecule has 3 aromatic carbocycles. The van der Waals surface area contributed by atoms with Crippen molar-refractivity contribution in [3.05, 3.63) is 95.0 Å². The summed E-state index contributed by atoms with van der Waals surface area (Å²) in [6.45, 7) is 8.33. The van der Waals surface area contributed by atoms with Crippen LogP contribution in [0.4, 0.5) is 34.5 Å². The zero-order valence-electron chi connectivity index (χ0n) is 42.0. The van der Waals surface area contributed by atoms with E-state index in [2.05, 4.69) is 78.7 Å². The summed E-state index contributed by atoms with van der Waals surface area (Å²) in [6, 6.07) is 16.3. The highest BCUT2D eigenvalue weighted by Crippen LogP contribution is 2.49. The Morgan fingerprint density at radius 3 is 2.28 bits per heavy atom. The largest absolute Gasteiger partial charge is 0.494 e. The number of ether oxygens (including phenoxy) is 1. The summed E-state index contributed by atoms with van der Waals surface area (Å²) in [5.74, 6) is -0.0893. The van der Waals surface area contributed by atoms with E-state index in [1.807, 2.05) is 49.8 Å². The fourth-order valence-electron chi connectivity index (χ4n) is 11.0. The van der Waals surface area contributed by atoms with Gasteiger partial charge in [0, 0.05) is 126 Å². The van der Waals surface area contributed by atoms with Crippen molar-refractivity contribution in [2.24, 2.45) is 13.0 Å². The number of benzene rings is 3. The normalized spacial score (nSPS) is 19.2. The van der Waals surface area contributed by atoms with Crippen molar-refractivity contribution in [3.63, 3.8) is 0 Å². The molecular weight excluding hydrogens is 1050 g/mol. The van der Waals surface area contributed by atoms with Gasteiger partial charge in [0.15, 0.2) is 0 Å². The number of piperidine rings is 2. The van der Waals surface area contributed by atoms with Crippen LogP contribution < -0.4 is 35.8 Å². The number of carbonyl (C=O) groups is 4. The number of carbonyl (C=O) groups excluding carboxylic acids is 4. The minimum absolute atomic E-state index is 0.0870. The Kier molecular flexibility index (Phi) is 13.9. The summed E-state index contributed by atoms with van der Waals surface area (Å²) >= 11 is 3.59. The predicted molar refractivity (Wildman–Crippen MR) is 287 cm³/mol. The highest BCUT2D eigenvalue weighted by molar-refractivity contribution is 9.10. The Morgan fingerprint density at radius 2 is 1.56 bits per heavy atom. The third-order valence-electron chi connectivity index (χ3n) is 15.1. The number of para-hydroxylation sites is 1. The van der Waals surface area contributed by atoms with E-state index in [0.717, 1.165) is 99.1 Å². The molecule has 8 heterocycles. The average Bonchev–Trinajstić information content (AvgIpc) is 3.96. The molecule has 5 aliphatic rings. The van der Waals surface area contributed by atoms with Crippen molar-refractivity contribution in [1.82, 2.24) is 44.7 Å². The molecule has 4 fully saturated rings. The highest BCUT2D eigenvalue weighted by atomic mass is 79.9. The Morgan fingerprint density at radius 1 is 0.800 bits per heavy atom. The lowest BCUT2D eigenvalue weighted by atomic mass is 9.93. The van der Waals surface area contributed by atoms with Crippen molar-refractivity contribution in [1.29, 1.82) is 0 Å². The quantitative estimate of drug-likeness (QED) is 0.0802. The number of piperazine rings is 1. The summed E-state index contributed by atoms with van der Waals surface area (Å²) in [4.78, 5) is 75.7. The summed E-state index contributed by atoms with van der Waals surface area (Å²) < 4.78 is 33.3. The number of likely N-dealkylation sites (tertiary alicyclic amines) is 1. The van der Waals surface area contributed by atoms with Gasteiger partial charge >= 0.3 is 7.60 Å². The maximum Gasteiger partial charge on any atom is 0.363 e. The molecule has 3 aromatic heterocycles. The summed E-state index contributed by atoms with van der Waals surface area (Å²) in [5.41, 5.74) is 6.15. The average molecular weight is 1100 g/mol. The van der Waals surface area contributed by atoms with Crippen LogP contribution in [0, 0.1) is 5.92 Å². The molecule has 4 saturated heterocycles. The van der Waals surface area contributed by atoms with Crippen LogP contribution in [0.3, 0.4) is 0 Å². The fourth-order valence-corrected chi connectivity index (χ4v) is 12.7. The first-order valence-electron chi connectivity index (χ1n) is 25.0. The molecule has 0 spiro atoms. The summed E-state index contributed by atoms with van der Waals surface area (Å²) in [7, 11) is 2.49. The second-order valence-electron chi connectivity index (χ2n) is 19.5. The number of hydrogen-bond acceptors (Lipinski definition) is 18. The van der Waals surface area contributed by atoms with Crippen LogP contribution in [0.1, 0.15) is 46.4 Å². The number of imide groups is 2. The van der Waals surface area contributed by atoms with Crippen LogP contribution in [0.5, 0.6) is 5.75 Å². The van der Waals surface area contributed by atoms with Gasteiger partial charge in [-0.05, 0) is 84.5 Å². The van der Waals surface area contributed by atoms with E-state index in [1.54, 1.807) is 36.3 Å². The third kappa shape index (κ3) is 9.74. The number of aryl methyl sites for hydroxylation is 1. The number of rotatable bonds is 15. The molecule has 23 heteroatoms. The van der Waals surface area contributed by atoms with Gasteiger partial charge in [-0.15, -0.1) is 0 Å². The molecule has 0 saturated carbocycles. The van der Waals surface area contributed by atoms with Crippen molar-refractivity contribution in [3.8, 4) is 16.9 Å². The number of fused-ring (bicyclic) bond motifs is 2. The standard InChI is InChI=1S/C52H57BrN13O8P/c1-61-28-32(24-56-61)37-22-41(58-52-55-25-39(53)48(60-52)57-42-26-54-40-8-6-5-7-36(40)47(42)75(71,73-3)74-4)45(72-2)23-44(37)64-19-17-62(18-20-64)27-31-13-15-63(16-14-31)34-29-65(30-34)33-9-10-35-38(21-33)51(70)66(50(35)69)43-11-12-46(67)59-49(43)68/h5-10,21-26,28,31,34,43H,11-20,27,29-30H2,1-4H3,(H,59,67,68)(H2,55,57,58,60). The topological polar surface area (TPSA) is 222 Å². The van der Waals surface area contributed by atoms with E-state index >= 15 is 0 Å². The SMILES string of the molecule is COc1cc(N2CCN(CC3CCN(C4CN(c5ccc6c(c5)C(=O)N(C5CCC(=O)NC5=O)C6=O)C4)CC3)CC2)c(-c2cnn(C)c2)cc1Nc1ncc(Br)c(Nc2cnc3ccccc3c2P(=O)(OC)OC)n1. The molecule has 0 aliphatic carbocycles. The molecule has 1 atom stereocenters. The smallest absolute Gasteiger partial charge is 0.363 e. The number of methoxy groups -OCH3 is 1. The van der Waals surface area contributed by atoms with E-state index in [9.17, 15) is 23.7 Å². The summed E-state index contributed by atoms with van der Waals surface area (Å²) in [6.07, 6.45) is 9.56. The molecule has 1 unspecified atom stereocenters. The first-order valence-corrected chi connectivity index (χ1v) is 27.3. The second-order valence-corrected chi connectivity index (χ2v) is 22.5. The Labute approximate surface area is 441 Å². The first kappa shape index (κ1) is 50.4. The van der Waals surface area contributed by atoms with Crippen molar-refractivity contribution < 1.29 is 37.5 Å². The summed E-state index contributed by atoms with van der Waals surface area (Å²) in [5, 5.41) is 14.4. The molecule has 6 aromatic rings. The minimum atomic E-state index is -3.77. The van der Waals surface area contributed by atoms with Gasteiger partial charge in [0.2, 0.25) is 17.8 Å². The number of pyridine rings is 1. The van der Waals surface area contributed by atoms with Crippen molar-refractivity contribution in [2.75, 3.05) is 101 Å². The Balaban J connectivity index is 0.713. The van der Waals surface area contributed by atoms with E-state index < -0.39 is 37.3 Å². The predicted octanol–water partition coefficient (Wildman–Crippen LogP) is 5.92. The van der Waals surface area contributed by atoms with Crippen LogP contribution in [0.2, 0.25) is 0 Å². The zero-order valence-corrected chi connectivity index (χ0v) is 44.5. The zero-order chi connectivity index (χ0) is 52.1. The molecule has 0 bridgehead atoms. The lowest BCUT2D eigenvalue weighted by Gasteiger charge is -2.49. The van der Waals surface area contributed by atoms with E-state index in [4.69, 9.17) is 18.8 Å². The van der Waals surface area contributed by atoms with Crippen LogP contribution >= 0.6 is 23.5 Å². The molecule has 390 valence electrons. The van der Waals surface area contributed by atoms with Gasteiger partial charge in [-0.3, -0.25) is 53.4 Å². The van der Waals surface area contributed by atoms with E-state index in [0.29, 0.717) is 66.7 Å². The lowest BCUT2D eigenvalue weighted by Crippen LogP contribution is -2.61. The van der Waals surface area contributed by atoms with Gasteiger partial charge in [0.05, 0.1) is 57.3 Å². The minimum Gasteiger partial charge on any atom is -0.494 e. The van der Waals surface area contributed by atoms with Gasteiger partial charge in [-0.25, -0.2) is 4.98 Å². The van der Waals surface area contributed by atoms with Gasteiger partial charge in [-0.2, -0.15) is 10.1 Å². The Bertz CT molecular complexity index is 3270. The fraction of sp³-hybridized carbons (Fsp3) is 0.385. The van der Waals surface area contributed by atoms with Crippen LogP contribution in [0.25, 0.3) is 22.0 Å². The molecule has 11 rings (SSSR count). The molecular formula is C52H57BrN13O8P. The molecule has 3 N–H and O–H groups in total. The number of hydrogen-bond donors (Lipinski definition) is 3. The van der Waals surface area contributed by atoms with Gasteiger partial charge < -0.3 is 34.2 Å². The highest BCUT2D eigenvalue weighted by Gasteiger charge is 2.45. The number of amides is 4. The van der Waals surface area contributed by atoms with Crippen LogP contribution in [-0.2, 0) is 30.2 Å². The van der Waals surface area contributed by atoms with Gasteiger partial charge in [0.1, 0.15) is 17.6 Å². The monoisotopic (exact) mass is 1100 g/mol. The van der Waals surface area contributed by atoms with Crippen molar-refractivity contribution >= 4 is 97.9 Å². The molecule has 4 amide bonds. The third-order valence-corrected chi connectivity index (χ3v) is 17.7. The first-order chi connectivity index (χ1) is 36.3. The number of aromatic nitrogens is 5. The Hall–Kier alpha value is -6.81. The number of anilines is 6. The van der Waals surface area contributed by atoms with Gasteiger partial charge in [-0.1, -0.05) is 18.2 Å². The molecule has 75 heavy (non-hydrogen) atoms. The van der Waals surface area contributed by atoms with E-state index in [-0.39, 0.29) is 18.8 Å². The number of halogens is 1. The number of nitrogens with one attached hydrogen (secondary N) is 3. The molecule has 5 aliphatic heterocycles. The van der Waals surface area contributed by atoms with Gasteiger partial charge in [0.25, 0.3) is 11.8 Å². The van der Waals surface area contributed by atoms with Crippen LogP contribution in [0.15, 0.2) is 83.9 Å². The van der Waals surface area contributed by atoms with E-state index in [1.165, 1.54) is 14.2 Å². The van der Waals surface area contributed by atoms with Crippen LogP contribution in [-0.4, -0.2) is 155 Å². The second kappa shape index (κ2) is 20.7. The van der Waals surface area contributed by atoms with Crippen molar-refractivity contribution in [2.45, 2.75) is 37.8 Å². The number of nitrogens with zero attached hydrogens (tertiary/aromatic N) is 10. The molecule has 0 radical (unpaired) electrons. The lowest BCUT2D eigenvalue weighted by molar-refractivity contribution is -0.136. The maximum absolute atomic E-state index is 14.0. The maximum atomic E-state index is 14.0. The molecule has 21 nitrogen and oxygen atoms in total.